The molecule has 1 N–H and O–H groups in total. The molecule has 0 amide bonds. The Morgan fingerprint density at radius 3 is 2.60 bits per heavy atom. The molecule has 1 aromatic rings. The van der Waals surface area contributed by atoms with Gasteiger partial charge in [0, 0.05) is 6.04 Å². The van der Waals surface area contributed by atoms with Crippen LogP contribution in [0.5, 0.6) is 5.75 Å². The minimum absolute atomic E-state index is 0.0141. The third-order valence-electron chi connectivity index (χ3n) is 3.90. The molecule has 20 heavy (non-hydrogen) atoms. The highest BCUT2D eigenvalue weighted by molar-refractivity contribution is 7.89. The van der Waals surface area contributed by atoms with Gasteiger partial charge in [-0.3, -0.25) is 0 Å². The van der Waals surface area contributed by atoms with Crippen LogP contribution in [0.3, 0.4) is 0 Å². The summed E-state index contributed by atoms with van der Waals surface area (Å²) in [5.74, 6) is 0.389. The van der Waals surface area contributed by atoms with Crippen LogP contribution in [-0.2, 0) is 10.0 Å². The summed E-state index contributed by atoms with van der Waals surface area (Å²) in [6, 6.07) is 5.21. The Hall–Kier alpha value is -1.07. The first-order valence-electron chi connectivity index (χ1n) is 6.90. The van der Waals surface area contributed by atoms with Crippen molar-refractivity contribution in [3.63, 3.8) is 0 Å². The van der Waals surface area contributed by atoms with Gasteiger partial charge in [-0.05, 0) is 49.3 Å². The van der Waals surface area contributed by atoms with Gasteiger partial charge in [0.2, 0.25) is 10.0 Å². The molecule has 5 heteroatoms. The molecule has 4 nitrogen and oxygen atoms in total. The molecule has 1 saturated carbocycles. The van der Waals surface area contributed by atoms with E-state index < -0.39 is 10.0 Å². The average molecular weight is 297 g/mol. The van der Waals surface area contributed by atoms with Crippen molar-refractivity contribution in [2.45, 2.75) is 51.0 Å². The zero-order chi connectivity index (χ0) is 15.0. The van der Waals surface area contributed by atoms with Crippen LogP contribution in [0.25, 0.3) is 0 Å². The van der Waals surface area contributed by atoms with Gasteiger partial charge in [-0.1, -0.05) is 19.9 Å². The highest BCUT2D eigenvalue weighted by atomic mass is 32.2. The van der Waals surface area contributed by atoms with Crippen LogP contribution in [0.2, 0.25) is 0 Å². The zero-order valence-electron chi connectivity index (χ0n) is 12.6. The fourth-order valence-electron chi connectivity index (χ4n) is 2.81. The van der Waals surface area contributed by atoms with Crippen LogP contribution < -0.4 is 9.46 Å². The first-order chi connectivity index (χ1) is 9.23. The van der Waals surface area contributed by atoms with Gasteiger partial charge >= 0.3 is 0 Å². The summed E-state index contributed by atoms with van der Waals surface area (Å²) in [5, 5.41) is 0. The minimum atomic E-state index is -3.53. The van der Waals surface area contributed by atoms with E-state index in [4.69, 9.17) is 4.74 Å². The van der Waals surface area contributed by atoms with Gasteiger partial charge < -0.3 is 4.74 Å². The van der Waals surface area contributed by atoms with Crippen LogP contribution in [0.15, 0.2) is 23.1 Å². The number of nitrogens with one attached hydrogen (secondary N) is 1. The Kier molecular flexibility index (Phi) is 4.12. The molecule has 112 valence electrons. The molecule has 1 aliphatic carbocycles. The van der Waals surface area contributed by atoms with Crippen molar-refractivity contribution in [1.82, 2.24) is 4.72 Å². The van der Waals surface area contributed by atoms with E-state index >= 15 is 0 Å². The van der Waals surface area contributed by atoms with E-state index in [0.29, 0.717) is 5.75 Å². The van der Waals surface area contributed by atoms with Gasteiger partial charge in [-0.15, -0.1) is 0 Å². The molecule has 0 heterocycles. The third kappa shape index (κ3) is 3.33. The van der Waals surface area contributed by atoms with Crippen LogP contribution in [0, 0.1) is 12.3 Å². The molecule has 1 aromatic carbocycles. The normalized spacial score (nSPS) is 21.9. The summed E-state index contributed by atoms with van der Waals surface area (Å²) in [4.78, 5) is 0.227. The lowest BCUT2D eigenvalue weighted by Gasteiger charge is -2.18. The fourth-order valence-corrected chi connectivity index (χ4v) is 4.34. The molecule has 1 fully saturated rings. The molecule has 1 atom stereocenters. The van der Waals surface area contributed by atoms with Gasteiger partial charge in [-0.2, -0.15) is 0 Å². The Morgan fingerprint density at radius 2 is 2.05 bits per heavy atom. The quantitative estimate of drug-likeness (QED) is 0.929. The number of methoxy groups -OCH3 is 1. The van der Waals surface area contributed by atoms with Gasteiger partial charge in [-0.25, -0.2) is 13.1 Å². The second-order valence-electron chi connectivity index (χ2n) is 6.38. The second-order valence-corrected chi connectivity index (χ2v) is 8.06. The number of hydrogen-bond acceptors (Lipinski definition) is 3. The minimum Gasteiger partial charge on any atom is -0.495 e. The predicted molar refractivity (Wildman–Crippen MR) is 79.5 cm³/mol. The summed E-state index contributed by atoms with van der Waals surface area (Å²) in [7, 11) is -2.05. The maximum absolute atomic E-state index is 12.5. The summed E-state index contributed by atoms with van der Waals surface area (Å²) in [5.41, 5.74) is 1.11. The molecule has 0 spiro atoms. The summed E-state index contributed by atoms with van der Waals surface area (Å²) >= 11 is 0. The van der Waals surface area contributed by atoms with Crippen molar-refractivity contribution in [2.24, 2.45) is 5.41 Å². The summed E-state index contributed by atoms with van der Waals surface area (Å²) in [6.07, 6.45) is 2.81. The first-order valence-corrected chi connectivity index (χ1v) is 8.39. The highest BCUT2D eigenvalue weighted by Crippen LogP contribution is 2.37. The fraction of sp³-hybridized carbons (Fsp3) is 0.600. The largest absolute Gasteiger partial charge is 0.495 e. The van der Waals surface area contributed by atoms with Crippen molar-refractivity contribution in [3.05, 3.63) is 23.8 Å². The maximum Gasteiger partial charge on any atom is 0.244 e. The van der Waals surface area contributed by atoms with Crippen LogP contribution in [0.1, 0.15) is 38.7 Å². The number of hydrogen-bond donors (Lipinski definition) is 1. The number of sulfonamides is 1. The first kappa shape index (κ1) is 15.3. The van der Waals surface area contributed by atoms with E-state index in [1.54, 1.807) is 12.1 Å². The molecule has 2 rings (SSSR count). The molecule has 0 aromatic heterocycles. The summed E-state index contributed by atoms with van der Waals surface area (Å²) < 4.78 is 33.1. The van der Waals surface area contributed by atoms with E-state index in [1.165, 1.54) is 7.11 Å². The van der Waals surface area contributed by atoms with E-state index in [-0.39, 0.29) is 16.4 Å². The zero-order valence-corrected chi connectivity index (χ0v) is 13.4. The third-order valence-corrected chi connectivity index (χ3v) is 5.44. The average Bonchev–Trinajstić information content (AvgIpc) is 2.68. The predicted octanol–water partition coefficient (Wildman–Crippen LogP) is 2.86. The van der Waals surface area contributed by atoms with Gasteiger partial charge in [0.15, 0.2) is 0 Å². The lowest BCUT2D eigenvalue weighted by atomic mass is 9.92. The van der Waals surface area contributed by atoms with Crippen molar-refractivity contribution in [2.75, 3.05) is 7.11 Å². The molecule has 1 aliphatic rings. The van der Waals surface area contributed by atoms with Crippen molar-refractivity contribution in [1.29, 1.82) is 0 Å². The van der Waals surface area contributed by atoms with Crippen LogP contribution >= 0.6 is 0 Å². The molecule has 0 saturated heterocycles. The SMILES string of the molecule is COc1ccc(C)cc1S(=O)(=O)NC1CCC(C)(C)C1. The maximum atomic E-state index is 12.5. The molecular weight excluding hydrogens is 274 g/mol. The molecular formula is C15H23NO3S. The number of benzene rings is 1. The van der Waals surface area contributed by atoms with Gasteiger partial charge in [0.25, 0.3) is 0 Å². The van der Waals surface area contributed by atoms with Crippen LogP contribution in [0.4, 0.5) is 0 Å². The van der Waals surface area contributed by atoms with E-state index in [2.05, 4.69) is 18.6 Å². The lowest BCUT2D eigenvalue weighted by molar-refractivity contribution is 0.372. The van der Waals surface area contributed by atoms with E-state index in [0.717, 1.165) is 24.8 Å². The topological polar surface area (TPSA) is 55.4 Å². The van der Waals surface area contributed by atoms with E-state index in [1.807, 2.05) is 13.0 Å². The number of ether oxygens (including phenoxy) is 1. The molecule has 0 radical (unpaired) electrons. The summed E-state index contributed by atoms with van der Waals surface area (Å²) in [6.45, 7) is 6.22. The Labute approximate surface area is 121 Å². The Bertz CT molecular complexity index is 593. The van der Waals surface area contributed by atoms with Gasteiger partial charge in [0.1, 0.15) is 10.6 Å². The standard InChI is InChI=1S/C15H23NO3S/c1-11-5-6-13(19-4)14(9-11)20(17,18)16-12-7-8-15(2,3)10-12/h5-6,9,12,16H,7-8,10H2,1-4H3. The van der Waals surface area contributed by atoms with Crippen molar-refractivity contribution < 1.29 is 13.2 Å². The van der Waals surface area contributed by atoms with Gasteiger partial charge in [0.05, 0.1) is 7.11 Å². The molecule has 0 bridgehead atoms. The van der Waals surface area contributed by atoms with Crippen LogP contribution in [-0.4, -0.2) is 21.6 Å². The Balaban J connectivity index is 2.25. The van der Waals surface area contributed by atoms with Crippen molar-refractivity contribution in [3.8, 4) is 5.75 Å². The smallest absolute Gasteiger partial charge is 0.244 e. The highest BCUT2D eigenvalue weighted by Gasteiger charge is 2.34. The molecule has 1 unspecified atom stereocenters. The van der Waals surface area contributed by atoms with Crippen molar-refractivity contribution >= 4 is 10.0 Å². The monoisotopic (exact) mass is 297 g/mol. The molecule has 0 aliphatic heterocycles. The number of aryl methyl sites for hydroxylation is 1. The van der Waals surface area contributed by atoms with E-state index in [9.17, 15) is 8.42 Å². The Morgan fingerprint density at radius 1 is 1.35 bits per heavy atom. The number of rotatable bonds is 4. The lowest BCUT2D eigenvalue weighted by Crippen LogP contribution is -2.33. The second kappa shape index (κ2) is 5.37.